The second-order valence-electron chi connectivity index (χ2n) is 4.97. The van der Waals surface area contributed by atoms with Crippen LogP contribution in [0.25, 0.3) is 0 Å². The first-order valence-corrected chi connectivity index (χ1v) is 7.22. The molecule has 0 bridgehead atoms. The van der Waals surface area contributed by atoms with E-state index in [9.17, 15) is 4.79 Å². The topological polar surface area (TPSA) is 51.3 Å². The molecule has 0 spiro atoms. The minimum Gasteiger partial charge on any atom is -0.343 e. The molecule has 5 heteroatoms. The summed E-state index contributed by atoms with van der Waals surface area (Å²) in [6.45, 7) is 6.38. The van der Waals surface area contributed by atoms with Gasteiger partial charge in [0.05, 0.1) is 0 Å². The van der Waals surface area contributed by atoms with Gasteiger partial charge in [-0.3, -0.25) is 4.79 Å². The Labute approximate surface area is 116 Å². The Morgan fingerprint density at radius 1 is 1.61 bits per heavy atom. The highest BCUT2D eigenvalue weighted by molar-refractivity contribution is 9.10. The fourth-order valence-corrected chi connectivity index (χ4v) is 3.12. The molecule has 2 atom stereocenters. The minimum atomic E-state index is 0.117. The van der Waals surface area contributed by atoms with Crippen molar-refractivity contribution in [1.82, 2.24) is 9.47 Å². The molecule has 4 nitrogen and oxygen atoms in total. The molecule has 2 N–H and O–H groups in total. The van der Waals surface area contributed by atoms with Crippen molar-refractivity contribution in [3.05, 3.63) is 22.4 Å². The maximum Gasteiger partial charge on any atom is 0.270 e. The minimum absolute atomic E-state index is 0.117. The highest BCUT2D eigenvalue weighted by Crippen LogP contribution is 2.25. The van der Waals surface area contributed by atoms with E-state index in [4.69, 9.17) is 5.73 Å². The molecule has 2 rings (SSSR count). The predicted octanol–water partition coefficient (Wildman–Crippen LogP) is 2.08. The molecule has 2 unspecified atom stereocenters. The number of nitrogens with two attached hydrogens (primary N) is 1. The number of halogens is 1. The molecular weight excluding hydrogens is 294 g/mol. The number of amides is 1. The number of aromatic nitrogens is 1. The standard InChI is InChI=1S/C13H20BrN3O/c1-3-16-8-11(14)5-12(16)13(18)17-7-10(6-15)4-9(17)2/h5,8-10H,3-4,6-7,15H2,1-2H3. The summed E-state index contributed by atoms with van der Waals surface area (Å²) < 4.78 is 2.93. The Morgan fingerprint density at radius 2 is 2.33 bits per heavy atom. The zero-order valence-corrected chi connectivity index (χ0v) is 12.5. The number of hydrogen-bond acceptors (Lipinski definition) is 2. The van der Waals surface area contributed by atoms with Crippen molar-refractivity contribution in [2.75, 3.05) is 13.1 Å². The van der Waals surface area contributed by atoms with Crippen molar-refractivity contribution in [2.45, 2.75) is 32.9 Å². The molecular formula is C13H20BrN3O. The van der Waals surface area contributed by atoms with E-state index in [1.807, 2.05) is 28.7 Å². The Morgan fingerprint density at radius 3 is 2.89 bits per heavy atom. The number of rotatable bonds is 3. The fraction of sp³-hybridized carbons (Fsp3) is 0.615. The zero-order chi connectivity index (χ0) is 13.3. The van der Waals surface area contributed by atoms with Gasteiger partial charge in [0.25, 0.3) is 5.91 Å². The molecule has 0 aliphatic carbocycles. The Kier molecular flexibility index (Phi) is 4.12. The smallest absolute Gasteiger partial charge is 0.270 e. The number of likely N-dealkylation sites (tertiary alicyclic amines) is 1. The van der Waals surface area contributed by atoms with Gasteiger partial charge in [0.2, 0.25) is 0 Å². The molecule has 1 fully saturated rings. The maximum absolute atomic E-state index is 12.6. The number of carbonyl (C=O) groups excluding carboxylic acids is 1. The van der Waals surface area contributed by atoms with Crippen LogP contribution < -0.4 is 5.73 Å². The lowest BCUT2D eigenvalue weighted by Crippen LogP contribution is -2.35. The van der Waals surface area contributed by atoms with Crippen LogP contribution in [0.2, 0.25) is 0 Å². The van der Waals surface area contributed by atoms with E-state index in [1.165, 1.54) is 0 Å². The molecule has 100 valence electrons. The Balaban J connectivity index is 2.21. The normalized spacial score (nSPS) is 23.7. The number of nitrogens with zero attached hydrogens (tertiary/aromatic N) is 2. The number of hydrogen-bond donors (Lipinski definition) is 1. The zero-order valence-electron chi connectivity index (χ0n) is 10.9. The van der Waals surface area contributed by atoms with Gasteiger partial charge in [0, 0.05) is 29.8 Å². The third-order valence-corrected chi connectivity index (χ3v) is 4.11. The van der Waals surface area contributed by atoms with Crippen LogP contribution in [0.15, 0.2) is 16.7 Å². The average molecular weight is 314 g/mol. The van der Waals surface area contributed by atoms with E-state index >= 15 is 0 Å². The molecule has 18 heavy (non-hydrogen) atoms. The van der Waals surface area contributed by atoms with Crippen LogP contribution >= 0.6 is 15.9 Å². The van der Waals surface area contributed by atoms with Gasteiger partial charge in [-0.05, 0) is 54.7 Å². The summed E-state index contributed by atoms with van der Waals surface area (Å²) in [7, 11) is 0. The van der Waals surface area contributed by atoms with Gasteiger partial charge in [-0.2, -0.15) is 0 Å². The molecule has 1 aromatic heterocycles. The van der Waals surface area contributed by atoms with Crippen LogP contribution in [0.5, 0.6) is 0 Å². The van der Waals surface area contributed by atoms with Gasteiger partial charge >= 0.3 is 0 Å². The van der Waals surface area contributed by atoms with Crippen LogP contribution in [-0.2, 0) is 6.54 Å². The van der Waals surface area contributed by atoms with Gasteiger partial charge < -0.3 is 15.2 Å². The van der Waals surface area contributed by atoms with Crippen LogP contribution in [-0.4, -0.2) is 34.5 Å². The largest absolute Gasteiger partial charge is 0.343 e. The first-order chi connectivity index (χ1) is 8.56. The summed E-state index contributed by atoms with van der Waals surface area (Å²) in [5, 5.41) is 0. The van der Waals surface area contributed by atoms with Gasteiger partial charge in [0.1, 0.15) is 5.69 Å². The quantitative estimate of drug-likeness (QED) is 0.929. The van der Waals surface area contributed by atoms with Crippen molar-refractivity contribution in [2.24, 2.45) is 11.7 Å². The molecule has 0 radical (unpaired) electrons. The molecule has 2 heterocycles. The SMILES string of the molecule is CCn1cc(Br)cc1C(=O)N1CC(CN)CC1C. The highest BCUT2D eigenvalue weighted by atomic mass is 79.9. The van der Waals surface area contributed by atoms with Crippen molar-refractivity contribution >= 4 is 21.8 Å². The summed E-state index contributed by atoms with van der Waals surface area (Å²) in [5.74, 6) is 0.559. The molecule has 0 saturated carbocycles. The van der Waals surface area contributed by atoms with Gasteiger partial charge in [-0.15, -0.1) is 0 Å². The lowest BCUT2D eigenvalue weighted by Gasteiger charge is -2.22. The third kappa shape index (κ3) is 2.47. The summed E-state index contributed by atoms with van der Waals surface area (Å²) in [6.07, 6.45) is 2.96. The van der Waals surface area contributed by atoms with E-state index in [0.717, 1.165) is 29.7 Å². The van der Waals surface area contributed by atoms with Crippen molar-refractivity contribution in [1.29, 1.82) is 0 Å². The van der Waals surface area contributed by atoms with E-state index in [0.29, 0.717) is 12.5 Å². The van der Waals surface area contributed by atoms with Gasteiger partial charge in [-0.25, -0.2) is 0 Å². The average Bonchev–Trinajstić information content (AvgIpc) is 2.91. The van der Waals surface area contributed by atoms with Crippen molar-refractivity contribution in [3.63, 3.8) is 0 Å². The molecule has 1 aliphatic heterocycles. The second-order valence-corrected chi connectivity index (χ2v) is 5.89. The van der Waals surface area contributed by atoms with Crippen molar-refractivity contribution < 1.29 is 4.79 Å². The molecule has 0 aromatic carbocycles. The van der Waals surface area contributed by atoms with Crippen LogP contribution in [0.1, 0.15) is 30.8 Å². The number of aryl methyl sites for hydroxylation is 1. The predicted molar refractivity (Wildman–Crippen MR) is 75.5 cm³/mol. The van der Waals surface area contributed by atoms with Crippen LogP contribution in [0.3, 0.4) is 0 Å². The monoisotopic (exact) mass is 313 g/mol. The molecule has 1 aliphatic rings. The molecule has 1 aromatic rings. The van der Waals surface area contributed by atoms with E-state index in [1.54, 1.807) is 0 Å². The first kappa shape index (κ1) is 13.6. The van der Waals surface area contributed by atoms with E-state index in [2.05, 4.69) is 22.9 Å². The van der Waals surface area contributed by atoms with Gasteiger partial charge in [0.15, 0.2) is 0 Å². The van der Waals surface area contributed by atoms with E-state index < -0.39 is 0 Å². The van der Waals surface area contributed by atoms with Crippen molar-refractivity contribution in [3.8, 4) is 0 Å². The Hall–Kier alpha value is -0.810. The number of carbonyl (C=O) groups is 1. The summed E-state index contributed by atoms with van der Waals surface area (Å²) in [5.41, 5.74) is 6.46. The van der Waals surface area contributed by atoms with Gasteiger partial charge in [-0.1, -0.05) is 0 Å². The third-order valence-electron chi connectivity index (χ3n) is 3.68. The van der Waals surface area contributed by atoms with E-state index in [-0.39, 0.29) is 11.9 Å². The fourth-order valence-electron chi connectivity index (χ4n) is 2.66. The highest BCUT2D eigenvalue weighted by Gasteiger charge is 2.33. The first-order valence-electron chi connectivity index (χ1n) is 6.43. The summed E-state index contributed by atoms with van der Waals surface area (Å²) in [4.78, 5) is 14.5. The van der Waals surface area contributed by atoms with Crippen LogP contribution in [0, 0.1) is 5.92 Å². The lowest BCUT2D eigenvalue weighted by atomic mass is 10.1. The summed E-state index contributed by atoms with van der Waals surface area (Å²) in [6, 6.07) is 2.18. The Bertz CT molecular complexity index is 443. The lowest BCUT2D eigenvalue weighted by molar-refractivity contribution is 0.0732. The second kappa shape index (κ2) is 5.45. The molecule has 1 saturated heterocycles. The molecule has 1 amide bonds. The summed E-state index contributed by atoms with van der Waals surface area (Å²) >= 11 is 3.43. The van der Waals surface area contributed by atoms with Crippen LogP contribution in [0.4, 0.5) is 0 Å². The maximum atomic E-state index is 12.6.